The average molecular weight is 681 g/mol. The van der Waals surface area contributed by atoms with E-state index in [0.29, 0.717) is 0 Å². The van der Waals surface area contributed by atoms with Gasteiger partial charge in [-0.1, -0.05) is 84.9 Å². The van der Waals surface area contributed by atoms with Crippen LogP contribution in [0, 0.1) is 0 Å². The number of hydrogen-bond donors (Lipinski definition) is 0. The molecule has 242 valence electrons. The third-order valence-corrected chi connectivity index (χ3v) is 12.0. The molecule has 0 fully saturated rings. The maximum Gasteiger partial charge on any atom is 0.136 e. The zero-order valence-electron chi connectivity index (χ0n) is 27.9. The van der Waals surface area contributed by atoms with Crippen molar-refractivity contribution < 1.29 is 4.42 Å². The third-order valence-electron chi connectivity index (χ3n) is 10.9. The van der Waals surface area contributed by atoms with Crippen LogP contribution in [0.15, 0.2) is 174 Å². The van der Waals surface area contributed by atoms with Crippen LogP contribution in [-0.4, -0.2) is 9.13 Å². The molecule has 0 unspecified atom stereocenters. The molecular weight excluding hydrogens is 653 g/mol. The van der Waals surface area contributed by atoms with Crippen LogP contribution in [0.3, 0.4) is 0 Å². The summed E-state index contributed by atoms with van der Waals surface area (Å²) < 4.78 is 13.9. The molecule has 0 aliphatic rings. The first-order valence-electron chi connectivity index (χ1n) is 17.7. The van der Waals surface area contributed by atoms with Gasteiger partial charge in [-0.2, -0.15) is 0 Å². The summed E-state index contributed by atoms with van der Waals surface area (Å²) in [6.45, 7) is 0. The van der Waals surface area contributed by atoms with E-state index in [1.807, 2.05) is 17.4 Å². The second-order valence-corrected chi connectivity index (χ2v) is 14.8. The summed E-state index contributed by atoms with van der Waals surface area (Å²) in [5, 5.41) is 9.97. The quantitative estimate of drug-likeness (QED) is 0.182. The van der Waals surface area contributed by atoms with E-state index in [1.54, 1.807) is 0 Å². The van der Waals surface area contributed by atoms with Crippen molar-refractivity contribution in [2.45, 2.75) is 0 Å². The van der Waals surface area contributed by atoms with E-state index in [-0.39, 0.29) is 0 Å². The van der Waals surface area contributed by atoms with Crippen LogP contribution in [0.1, 0.15) is 0 Å². The molecule has 0 spiro atoms. The number of hydrogen-bond acceptors (Lipinski definition) is 2. The first-order chi connectivity index (χ1) is 25.8. The van der Waals surface area contributed by atoms with Gasteiger partial charge in [0.15, 0.2) is 0 Å². The Kier molecular flexibility index (Phi) is 5.65. The molecule has 0 saturated carbocycles. The lowest BCUT2D eigenvalue weighted by molar-refractivity contribution is 0.669. The highest BCUT2D eigenvalue weighted by Crippen LogP contribution is 2.46. The Hall–Kier alpha value is -6.62. The van der Waals surface area contributed by atoms with Crippen molar-refractivity contribution in [1.82, 2.24) is 9.13 Å². The lowest BCUT2D eigenvalue weighted by Crippen LogP contribution is -1.93. The summed E-state index contributed by atoms with van der Waals surface area (Å²) in [5.41, 5.74) is 11.3. The van der Waals surface area contributed by atoms with Crippen molar-refractivity contribution in [2.24, 2.45) is 0 Å². The van der Waals surface area contributed by atoms with Gasteiger partial charge >= 0.3 is 0 Å². The normalized spacial score (nSPS) is 12.2. The van der Waals surface area contributed by atoms with Gasteiger partial charge in [0.05, 0.1) is 22.1 Å². The molecule has 12 aromatic rings. The number of nitrogens with zero attached hydrogens (tertiary/aromatic N) is 2. The Morgan fingerprint density at radius 1 is 0.346 bits per heavy atom. The van der Waals surface area contributed by atoms with Crippen molar-refractivity contribution in [3.8, 4) is 22.5 Å². The largest absolute Gasteiger partial charge is 0.456 e. The van der Waals surface area contributed by atoms with Crippen molar-refractivity contribution in [1.29, 1.82) is 0 Å². The Morgan fingerprint density at radius 2 is 0.885 bits per heavy atom. The Bertz CT molecular complexity index is 3170. The number of furan rings is 1. The number of thiophene rings is 1. The highest BCUT2D eigenvalue weighted by Gasteiger charge is 2.21. The number of para-hydroxylation sites is 3. The first kappa shape index (κ1) is 28.1. The summed E-state index contributed by atoms with van der Waals surface area (Å²) >= 11 is 1.88. The van der Waals surface area contributed by atoms with Gasteiger partial charge in [-0.05, 0) is 96.1 Å². The molecule has 8 aromatic carbocycles. The molecule has 0 radical (unpaired) electrons. The van der Waals surface area contributed by atoms with Gasteiger partial charge in [-0.15, -0.1) is 11.3 Å². The highest BCUT2D eigenvalue weighted by molar-refractivity contribution is 7.26. The fraction of sp³-hybridized carbons (Fsp3) is 0. The lowest BCUT2D eigenvalue weighted by atomic mass is 9.98. The van der Waals surface area contributed by atoms with Crippen molar-refractivity contribution >= 4 is 97.1 Å². The van der Waals surface area contributed by atoms with Gasteiger partial charge in [0, 0.05) is 63.9 Å². The molecule has 52 heavy (non-hydrogen) atoms. The van der Waals surface area contributed by atoms with Crippen molar-refractivity contribution in [3.05, 3.63) is 170 Å². The van der Waals surface area contributed by atoms with E-state index in [9.17, 15) is 0 Å². The molecule has 0 aliphatic carbocycles. The number of aromatic nitrogens is 2. The first-order valence-corrected chi connectivity index (χ1v) is 18.5. The van der Waals surface area contributed by atoms with Crippen molar-refractivity contribution in [2.75, 3.05) is 0 Å². The molecule has 12 rings (SSSR count). The lowest BCUT2D eigenvalue weighted by Gasteiger charge is -2.09. The molecule has 0 bridgehead atoms. The zero-order valence-corrected chi connectivity index (χ0v) is 28.7. The molecule has 3 nitrogen and oxygen atoms in total. The fourth-order valence-corrected chi connectivity index (χ4v) is 9.83. The maximum atomic E-state index is 6.42. The summed E-state index contributed by atoms with van der Waals surface area (Å²) in [4.78, 5) is 0. The average Bonchev–Trinajstić information content (AvgIpc) is 3.95. The minimum absolute atomic E-state index is 0.911. The molecule has 0 aliphatic heterocycles. The van der Waals surface area contributed by atoms with Crippen LogP contribution in [0.5, 0.6) is 0 Å². The molecule has 4 aromatic heterocycles. The number of fused-ring (bicyclic) bond motifs is 14. The molecular formula is C48H28N2OS. The summed E-state index contributed by atoms with van der Waals surface area (Å²) in [7, 11) is 0. The van der Waals surface area contributed by atoms with E-state index in [4.69, 9.17) is 4.42 Å². The number of benzene rings is 8. The van der Waals surface area contributed by atoms with Gasteiger partial charge in [0.25, 0.3) is 0 Å². The molecule has 0 atom stereocenters. The summed E-state index contributed by atoms with van der Waals surface area (Å²) in [5.74, 6) is 0. The van der Waals surface area contributed by atoms with Gasteiger partial charge in [-0.25, -0.2) is 0 Å². The van der Waals surface area contributed by atoms with Gasteiger partial charge in [0.1, 0.15) is 11.2 Å². The predicted octanol–water partition coefficient (Wildman–Crippen LogP) is 13.8. The van der Waals surface area contributed by atoms with Crippen LogP contribution >= 0.6 is 11.3 Å². The minimum atomic E-state index is 0.911. The molecule has 0 N–H and O–H groups in total. The van der Waals surface area contributed by atoms with Crippen LogP contribution in [0.25, 0.3) is 108 Å². The second kappa shape index (κ2) is 10.5. The Labute approximate surface area is 301 Å². The summed E-state index contributed by atoms with van der Waals surface area (Å²) in [6, 6.07) is 61.6. The molecule has 0 amide bonds. The summed E-state index contributed by atoms with van der Waals surface area (Å²) in [6.07, 6.45) is 0. The Morgan fingerprint density at radius 3 is 1.56 bits per heavy atom. The van der Waals surface area contributed by atoms with Crippen LogP contribution < -0.4 is 0 Å². The third kappa shape index (κ3) is 3.79. The van der Waals surface area contributed by atoms with E-state index in [0.717, 1.165) is 27.6 Å². The topological polar surface area (TPSA) is 23.0 Å². The SMILES string of the molecule is c1ccc(-n2c3ccc(-c4ccc5c(c4)c4c6c(ccc4n5-c4ccccc4)sc4ccccc46)cc3c3c4c(ccc32)oc2ccccc24)cc1. The Balaban J connectivity index is 1.18. The highest BCUT2D eigenvalue weighted by atomic mass is 32.1. The van der Waals surface area contributed by atoms with Crippen molar-refractivity contribution in [3.63, 3.8) is 0 Å². The van der Waals surface area contributed by atoms with Gasteiger partial charge in [0.2, 0.25) is 0 Å². The van der Waals surface area contributed by atoms with Crippen LogP contribution in [0.2, 0.25) is 0 Å². The monoisotopic (exact) mass is 680 g/mol. The fourth-order valence-electron chi connectivity index (χ4n) is 8.72. The zero-order chi connectivity index (χ0) is 33.9. The van der Waals surface area contributed by atoms with Crippen LogP contribution in [-0.2, 0) is 0 Å². The molecule has 0 saturated heterocycles. The van der Waals surface area contributed by atoms with Crippen LogP contribution in [0.4, 0.5) is 0 Å². The van der Waals surface area contributed by atoms with E-state index < -0.39 is 0 Å². The smallest absolute Gasteiger partial charge is 0.136 e. The van der Waals surface area contributed by atoms with E-state index in [2.05, 4.69) is 173 Å². The van der Waals surface area contributed by atoms with Gasteiger partial charge in [-0.3, -0.25) is 0 Å². The molecule has 4 heterocycles. The maximum absolute atomic E-state index is 6.42. The number of rotatable bonds is 3. The minimum Gasteiger partial charge on any atom is -0.456 e. The van der Waals surface area contributed by atoms with E-state index >= 15 is 0 Å². The van der Waals surface area contributed by atoms with Gasteiger partial charge < -0.3 is 13.6 Å². The second-order valence-electron chi connectivity index (χ2n) is 13.7. The standard InChI is InChI=1S/C48H28N2OS/c1-3-11-31(12-4-1)49-37-21-19-29(27-35(37)45-39(49)23-25-42-47(45)33-15-7-9-17-41(33)51-42)30-20-22-38-36(28-30)46-40(50(38)32-13-5-2-6-14-32)24-26-44-48(46)34-16-8-10-18-43(34)52-44/h1-28H. The van der Waals surface area contributed by atoms with E-state index in [1.165, 1.54) is 80.6 Å². The molecule has 4 heteroatoms. The predicted molar refractivity (Wildman–Crippen MR) is 221 cm³/mol.